The number of hydrogen-bond acceptors (Lipinski definition) is 5. The van der Waals surface area contributed by atoms with Crippen LogP contribution in [0.3, 0.4) is 0 Å². The lowest BCUT2D eigenvalue weighted by atomic mass is 9.87. The second-order valence-corrected chi connectivity index (χ2v) is 7.78. The van der Waals surface area contributed by atoms with Crippen LogP contribution in [0, 0.1) is 0 Å². The fourth-order valence-electron chi connectivity index (χ4n) is 1.91. The molecule has 0 atom stereocenters. The molecule has 7 heteroatoms. The molecule has 1 heterocycles. The summed E-state index contributed by atoms with van der Waals surface area (Å²) in [5.41, 5.74) is 1.34. The van der Waals surface area contributed by atoms with Gasteiger partial charge < -0.3 is 10.1 Å². The van der Waals surface area contributed by atoms with E-state index in [1.807, 2.05) is 6.07 Å². The Kier molecular flexibility index (Phi) is 6.12. The number of nitrogens with one attached hydrogen (secondary N) is 1. The van der Waals surface area contributed by atoms with Gasteiger partial charge in [0.15, 0.2) is 0 Å². The zero-order valence-corrected chi connectivity index (χ0v) is 15.8. The number of ether oxygens (including phenoxy) is 1. The van der Waals surface area contributed by atoms with Gasteiger partial charge in [0.25, 0.3) is 0 Å². The van der Waals surface area contributed by atoms with E-state index in [-0.39, 0.29) is 11.3 Å². The monoisotopic (exact) mass is 397 g/mol. The van der Waals surface area contributed by atoms with E-state index in [1.165, 1.54) is 11.9 Å². The molecule has 5 nitrogen and oxygen atoms in total. The highest BCUT2D eigenvalue weighted by atomic mass is 79.9. The minimum Gasteiger partial charge on any atom is -0.492 e. The van der Waals surface area contributed by atoms with Crippen molar-refractivity contribution in [3.63, 3.8) is 0 Å². The molecule has 0 radical (unpaired) electrons. The van der Waals surface area contributed by atoms with Crippen molar-refractivity contribution in [1.82, 2.24) is 9.36 Å². The second-order valence-electron chi connectivity index (χ2n) is 6.14. The van der Waals surface area contributed by atoms with Crippen molar-refractivity contribution in [1.29, 1.82) is 0 Å². The summed E-state index contributed by atoms with van der Waals surface area (Å²) in [5.74, 6) is 0.718. The van der Waals surface area contributed by atoms with Crippen LogP contribution in [-0.2, 0) is 10.2 Å². The van der Waals surface area contributed by atoms with Crippen LogP contribution < -0.4 is 10.1 Å². The fourth-order valence-corrected chi connectivity index (χ4v) is 2.85. The molecule has 0 spiro atoms. The topological polar surface area (TPSA) is 64.1 Å². The van der Waals surface area contributed by atoms with Crippen molar-refractivity contribution in [2.45, 2.75) is 39.0 Å². The SMILES string of the molecule is CC(C)(C)c1ccc(OCCCC(=O)Nc2ncns2)c(Br)c1. The molecule has 1 amide bonds. The molecule has 0 saturated carbocycles. The molecular weight excluding hydrogens is 378 g/mol. The van der Waals surface area contributed by atoms with Crippen molar-refractivity contribution in [2.75, 3.05) is 11.9 Å². The molecular formula is C16H20BrN3O2S. The molecule has 0 aliphatic carbocycles. The van der Waals surface area contributed by atoms with Crippen LogP contribution in [0.1, 0.15) is 39.2 Å². The van der Waals surface area contributed by atoms with Crippen molar-refractivity contribution in [3.05, 3.63) is 34.6 Å². The molecule has 1 aromatic heterocycles. The smallest absolute Gasteiger partial charge is 0.226 e. The standard InChI is InChI=1S/C16H20BrN3O2S/c1-16(2,3)11-6-7-13(12(17)9-11)22-8-4-5-14(21)20-15-18-10-19-23-15/h6-7,9-10H,4-5,8H2,1-3H3,(H,18,19,20,21). The summed E-state index contributed by atoms with van der Waals surface area (Å²) in [6.45, 7) is 7.00. The van der Waals surface area contributed by atoms with Crippen molar-refractivity contribution in [3.8, 4) is 5.75 Å². The van der Waals surface area contributed by atoms with Gasteiger partial charge in [-0.25, -0.2) is 4.98 Å². The first-order valence-electron chi connectivity index (χ1n) is 7.35. The van der Waals surface area contributed by atoms with Crippen molar-refractivity contribution in [2.24, 2.45) is 0 Å². The molecule has 0 saturated heterocycles. The van der Waals surface area contributed by atoms with Crippen LogP contribution in [-0.4, -0.2) is 21.9 Å². The minimum atomic E-state index is -0.0764. The first-order valence-corrected chi connectivity index (χ1v) is 8.92. The third-order valence-electron chi connectivity index (χ3n) is 3.21. The zero-order chi connectivity index (χ0) is 16.9. The van der Waals surface area contributed by atoms with Crippen LogP contribution in [0.2, 0.25) is 0 Å². The van der Waals surface area contributed by atoms with Gasteiger partial charge in [-0.2, -0.15) is 4.37 Å². The molecule has 2 rings (SSSR count). The van der Waals surface area contributed by atoms with Gasteiger partial charge in [-0.1, -0.05) is 26.8 Å². The Morgan fingerprint density at radius 1 is 1.39 bits per heavy atom. The Morgan fingerprint density at radius 2 is 2.17 bits per heavy atom. The Labute approximate surface area is 148 Å². The molecule has 1 aromatic carbocycles. The van der Waals surface area contributed by atoms with E-state index in [1.54, 1.807) is 0 Å². The van der Waals surface area contributed by atoms with Gasteiger partial charge in [-0.3, -0.25) is 4.79 Å². The summed E-state index contributed by atoms with van der Waals surface area (Å²) in [6, 6.07) is 6.12. The van der Waals surface area contributed by atoms with Crippen LogP contribution in [0.5, 0.6) is 5.75 Å². The normalized spacial score (nSPS) is 11.3. The van der Waals surface area contributed by atoms with Crippen LogP contribution in [0.25, 0.3) is 0 Å². The summed E-state index contributed by atoms with van der Waals surface area (Å²) >= 11 is 4.70. The molecule has 0 unspecified atom stereocenters. The minimum absolute atomic E-state index is 0.0764. The average Bonchev–Trinajstić information content (AvgIpc) is 2.96. The fraction of sp³-hybridized carbons (Fsp3) is 0.438. The highest BCUT2D eigenvalue weighted by Gasteiger charge is 2.15. The van der Waals surface area contributed by atoms with E-state index < -0.39 is 0 Å². The quantitative estimate of drug-likeness (QED) is 0.733. The van der Waals surface area contributed by atoms with Crippen LogP contribution in [0.15, 0.2) is 29.0 Å². The van der Waals surface area contributed by atoms with E-state index in [9.17, 15) is 4.79 Å². The number of hydrogen-bond donors (Lipinski definition) is 1. The number of amides is 1. The largest absolute Gasteiger partial charge is 0.492 e. The van der Waals surface area contributed by atoms with E-state index in [0.717, 1.165) is 21.8 Å². The van der Waals surface area contributed by atoms with Gasteiger partial charge >= 0.3 is 0 Å². The summed E-state index contributed by atoms with van der Waals surface area (Å²) in [5, 5.41) is 3.22. The molecule has 1 N–H and O–H groups in total. The molecule has 23 heavy (non-hydrogen) atoms. The van der Waals surface area contributed by atoms with Crippen LogP contribution in [0.4, 0.5) is 5.13 Å². The Morgan fingerprint density at radius 3 is 2.78 bits per heavy atom. The highest BCUT2D eigenvalue weighted by molar-refractivity contribution is 9.10. The number of anilines is 1. The molecule has 0 aliphatic heterocycles. The lowest BCUT2D eigenvalue weighted by Gasteiger charge is -2.20. The Bertz CT molecular complexity index is 654. The van der Waals surface area contributed by atoms with Gasteiger partial charge in [-0.15, -0.1) is 0 Å². The third-order valence-corrected chi connectivity index (χ3v) is 4.41. The summed E-state index contributed by atoms with van der Waals surface area (Å²) in [6.07, 6.45) is 2.44. The highest BCUT2D eigenvalue weighted by Crippen LogP contribution is 2.31. The van der Waals surface area contributed by atoms with E-state index >= 15 is 0 Å². The number of benzene rings is 1. The lowest BCUT2D eigenvalue weighted by Crippen LogP contribution is -2.13. The number of carbonyl (C=O) groups is 1. The van der Waals surface area contributed by atoms with Gasteiger partial charge in [0.1, 0.15) is 12.1 Å². The maximum Gasteiger partial charge on any atom is 0.226 e. The summed E-state index contributed by atoms with van der Waals surface area (Å²) in [4.78, 5) is 15.6. The third kappa shape index (κ3) is 5.58. The number of rotatable bonds is 6. The van der Waals surface area contributed by atoms with E-state index in [0.29, 0.717) is 24.6 Å². The molecule has 0 bridgehead atoms. The lowest BCUT2D eigenvalue weighted by molar-refractivity contribution is -0.116. The summed E-state index contributed by atoms with van der Waals surface area (Å²) < 4.78 is 10.5. The zero-order valence-electron chi connectivity index (χ0n) is 13.4. The molecule has 0 aliphatic rings. The predicted octanol–water partition coefficient (Wildman–Crippen LogP) is 4.40. The van der Waals surface area contributed by atoms with Crippen molar-refractivity contribution >= 4 is 38.5 Å². The molecule has 0 fully saturated rings. The van der Waals surface area contributed by atoms with Gasteiger partial charge in [-0.05, 0) is 45.5 Å². The number of aromatic nitrogens is 2. The van der Waals surface area contributed by atoms with Crippen LogP contribution >= 0.6 is 27.5 Å². The van der Waals surface area contributed by atoms with Crippen molar-refractivity contribution < 1.29 is 9.53 Å². The second kappa shape index (κ2) is 7.88. The first kappa shape index (κ1) is 17.9. The Hall–Kier alpha value is -1.47. The first-order chi connectivity index (χ1) is 10.9. The van der Waals surface area contributed by atoms with Gasteiger partial charge in [0, 0.05) is 18.0 Å². The maximum absolute atomic E-state index is 11.7. The van der Waals surface area contributed by atoms with Gasteiger partial charge in [0.2, 0.25) is 11.0 Å². The predicted molar refractivity (Wildman–Crippen MR) is 96.1 cm³/mol. The molecule has 2 aromatic rings. The number of carbonyl (C=O) groups excluding carboxylic acids is 1. The maximum atomic E-state index is 11.7. The van der Waals surface area contributed by atoms with E-state index in [4.69, 9.17) is 4.74 Å². The average molecular weight is 398 g/mol. The Balaban J connectivity index is 1.77. The van der Waals surface area contributed by atoms with E-state index in [2.05, 4.69) is 63.5 Å². The number of halogens is 1. The summed E-state index contributed by atoms with van der Waals surface area (Å²) in [7, 11) is 0. The van der Waals surface area contributed by atoms with Gasteiger partial charge in [0.05, 0.1) is 11.1 Å². The molecule has 124 valence electrons. The number of nitrogens with zero attached hydrogens (tertiary/aromatic N) is 2.